The van der Waals surface area contributed by atoms with Gasteiger partial charge in [0.25, 0.3) is 5.91 Å². The van der Waals surface area contributed by atoms with E-state index in [0.29, 0.717) is 11.6 Å². The summed E-state index contributed by atoms with van der Waals surface area (Å²) in [5, 5.41) is 2.87. The summed E-state index contributed by atoms with van der Waals surface area (Å²) >= 11 is 0. The molecule has 2 aromatic carbocycles. The number of fused-ring (bicyclic) bond motifs is 1. The molecule has 38 heavy (non-hydrogen) atoms. The van der Waals surface area contributed by atoms with Gasteiger partial charge in [0.05, 0.1) is 30.2 Å². The quantitative estimate of drug-likeness (QED) is 0.350. The van der Waals surface area contributed by atoms with Gasteiger partial charge in [0, 0.05) is 24.6 Å². The molecule has 3 heterocycles. The van der Waals surface area contributed by atoms with Crippen LogP contribution in [0.4, 0.5) is 11.6 Å². The molecule has 9 heteroatoms. The Kier molecular flexibility index (Phi) is 7.44. The summed E-state index contributed by atoms with van der Waals surface area (Å²) in [4.78, 5) is 32.9. The van der Waals surface area contributed by atoms with Crippen molar-refractivity contribution in [3.05, 3.63) is 95.2 Å². The molecule has 0 spiro atoms. The fourth-order valence-electron chi connectivity index (χ4n) is 4.16. The first-order chi connectivity index (χ1) is 18.5. The number of nitrogens with one attached hydrogen (secondary N) is 1. The zero-order valence-electron chi connectivity index (χ0n) is 21.7. The zero-order valence-corrected chi connectivity index (χ0v) is 21.7. The van der Waals surface area contributed by atoms with Crippen molar-refractivity contribution in [3.63, 3.8) is 0 Å². The minimum absolute atomic E-state index is 0.0965. The molecule has 0 bridgehead atoms. The van der Waals surface area contributed by atoms with Gasteiger partial charge in [0.2, 0.25) is 11.8 Å². The summed E-state index contributed by atoms with van der Waals surface area (Å²) in [6, 6.07) is 15.9. The molecule has 0 aliphatic carbocycles. The van der Waals surface area contributed by atoms with Crippen molar-refractivity contribution in [3.8, 4) is 11.6 Å². The summed E-state index contributed by atoms with van der Waals surface area (Å²) in [7, 11) is 0. The van der Waals surface area contributed by atoms with E-state index in [-0.39, 0.29) is 36.6 Å². The van der Waals surface area contributed by atoms with E-state index in [1.807, 2.05) is 62.1 Å². The Morgan fingerprint density at radius 3 is 2.61 bits per heavy atom. The van der Waals surface area contributed by atoms with Gasteiger partial charge in [0.1, 0.15) is 17.9 Å². The number of aryl methyl sites for hydroxylation is 1. The number of nitrogens with zero attached hydrogens (tertiary/aromatic N) is 5. The predicted molar refractivity (Wildman–Crippen MR) is 144 cm³/mol. The van der Waals surface area contributed by atoms with Gasteiger partial charge in [-0.3, -0.25) is 14.8 Å². The number of anilines is 2. The molecule has 0 radical (unpaired) electrons. The van der Waals surface area contributed by atoms with Crippen LogP contribution >= 0.6 is 0 Å². The van der Waals surface area contributed by atoms with Gasteiger partial charge in [-0.25, -0.2) is 4.98 Å². The second-order valence-corrected chi connectivity index (χ2v) is 9.35. The van der Waals surface area contributed by atoms with Crippen molar-refractivity contribution in [1.29, 1.82) is 0 Å². The molecule has 9 nitrogen and oxygen atoms in total. The van der Waals surface area contributed by atoms with Crippen LogP contribution in [-0.4, -0.2) is 38.5 Å². The summed E-state index contributed by atoms with van der Waals surface area (Å²) in [5.41, 5.74) is 4.95. The Balaban J connectivity index is 1.37. The fraction of sp³-hybridized carbons (Fsp3) is 0.276. The molecule has 1 aliphatic heterocycles. The topological polar surface area (TPSA) is 102 Å². The monoisotopic (exact) mass is 510 g/mol. The molecular formula is C29H30N6O3. The van der Waals surface area contributed by atoms with E-state index < -0.39 is 0 Å². The van der Waals surface area contributed by atoms with Crippen molar-refractivity contribution in [2.45, 2.75) is 46.4 Å². The van der Waals surface area contributed by atoms with Gasteiger partial charge >= 0.3 is 0 Å². The molecule has 4 aromatic rings. The molecule has 1 amide bonds. The summed E-state index contributed by atoms with van der Waals surface area (Å²) < 4.78 is 11.8. The maximum absolute atomic E-state index is 13.1. The number of benzene rings is 2. The third-order valence-electron chi connectivity index (χ3n) is 6.05. The lowest BCUT2D eigenvalue weighted by molar-refractivity contribution is 0.0944. The van der Waals surface area contributed by atoms with Crippen LogP contribution in [0.1, 0.15) is 46.7 Å². The number of carbonyl (C=O) groups excluding carboxylic acids is 1. The van der Waals surface area contributed by atoms with Gasteiger partial charge in [-0.2, -0.15) is 4.98 Å². The number of hydrogen-bond donors (Lipinski definition) is 1. The summed E-state index contributed by atoms with van der Waals surface area (Å²) in [5.74, 6) is 1.15. The second kappa shape index (κ2) is 11.2. The van der Waals surface area contributed by atoms with E-state index in [0.717, 1.165) is 35.7 Å². The lowest BCUT2D eigenvalue weighted by Gasteiger charge is -2.19. The van der Waals surface area contributed by atoms with E-state index in [4.69, 9.17) is 14.5 Å². The summed E-state index contributed by atoms with van der Waals surface area (Å²) in [6.07, 6.45) is 5.83. The van der Waals surface area contributed by atoms with E-state index in [1.54, 1.807) is 12.4 Å². The van der Waals surface area contributed by atoms with Crippen molar-refractivity contribution in [2.24, 2.45) is 0 Å². The van der Waals surface area contributed by atoms with Gasteiger partial charge in [-0.05, 0) is 56.5 Å². The lowest BCUT2D eigenvalue weighted by Crippen LogP contribution is -2.25. The third kappa shape index (κ3) is 5.88. The molecule has 0 saturated carbocycles. The van der Waals surface area contributed by atoms with Crippen molar-refractivity contribution in [2.75, 3.05) is 11.4 Å². The summed E-state index contributed by atoms with van der Waals surface area (Å²) in [6.45, 7) is 7.05. The highest BCUT2D eigenvalue weighted by molar-refractivity contribution is 5.96. The lowest BCUT2D eigenvalue weighted by atomic mass is 10.2. The van der Waals surface area contributed by atoms with Crippen LogP contribution in [0.3, 0.4) is 0 Å². The number of amides is 1. The van der Waals surface area contributed by atoms with Crippen LogP contribution in [0, 0.1) is 6.92 Å². The molecule has 1 N–H and O–H groups in total. The van der Waals surface area contributed by atoms with Crippen LogP contribution in [0.5, 0.6) is 11.6 Å². The van der Waals surface area contributed by atoms with E-state index in [2.05, 4.69) is 32.4 Å². The van der Waals surface area contributed by atoms with Gasteiger partial charge < -0.3 is 19.7 Å². The Morgan fingerprint density at radius 2 is 1.84 bits per heavy atom. The Morgan fingerprint density at radius 1 is 1.03 bits per heavy atom. The van der Waals surface area contributed by atoms with Crippen LogP contribution in [-0.2, 0) is 19.6 Å². The number of hydrogen-bond acceptors (Lipinski definition) is 8. The molecule has 0 saturated heterocycles. The first-order valence-corrected chi connectivity index (χ1v) is 12.6. The normalized spacial score (nSPS) is 12.4. The highest BCUT2D eigenvalue weighted by Gasteiger charge is 2.24. The van der Waals surface area contributed by atoms with E-state index in [9.17, 15) is 4.79 Å². The number of ether oxygens (including phenoxy) is 2. The minimum Gasteiger partial charge on any atom is -0.491 e. The van der Waals surface area contributed by atoms with Crippen LogP contribution in [0.2, 0.25) is 0 Å². The van der Waals surface area contributed by atoms with Crippen LogP contribution in [0.25, 0.3) is 0 Å². The molecule has 1 aliphatic rings. The SMILES string of the molecule is Cc1cnc(CNC(=O)c2cnc(N3CCc4ccccc43)nc2OCc2ccc(OC(C)C)cc2)cn1. The first kappa shape index (κ1) is 25.1. The Hall–Kier alpha value is -4.53. The zero-order chi connectivity index (χ0) is 26.5. The molecule has 0 atom stereocenters. The van der Waals surface area contributed by atoms with Crippen molar-refractivity contribution < 1.29 is 14.3 Å². The van der Waals surface area contributed by atoms with Gasteiger partial charge in [-0.15, -0.1) is 0 Å². The molecule has 5 rings (SSSR count). The van der Waals surface area contributed by atoms with E-state index in [1.165, 1.54) is 11.8 Å². The highest BCUT2D eigenvalue weighted by atomic mass is 16.5. The highest BCUT2D eigenvalue weighted by Crippen LogP contribution is 2.33. The van der Waals surface area contributed by atoms with Gasteiger partial charge in [-0.1, -0.05) is 30.3 Å². The molecule has 2 aromatic heterocycles. The molecule has 0 fully saturated rings. The smallest absolute Gasteiger partial charge is 0.258 e. The maximum atomic E-state index is 13.1. The Labute approximate surface area is 221 Å². The molecular weight excluding hydrogens is 480 g/mol. The number of aromatic nitrogens is 4. The standard InChI is InChI=1S/C29H30N6O3/c1-19(2)38-24-10-8-21(9-11-24)18-37-28-25(27(36)32-16-23-15-30-20(3)14-31-23)17-33-29(34-28)35-13-12-22-6-4-5-7-26(22)35/h4-11,14-15,17,19H,12-13,16,18H2,1-3H3,(H,32,36). The fourth-order valence-corrected chi connectivity index (χ4v) is 4.16. The minimum atomic E-state index is -0.351. The molecule has 194 valence electrons. The van der Waals surface area contributed by atoms with Crippen molar-refractivity contribution >= 4 is 17.5 Å². The van der Waals surface area contributed by atoms with Gasteiger partial charge in [0.15, 0.2) is 0 Å². The average molecular weight is 511 g/mol. The number of para-hydroxylation sites is 1. The first-order valence-electron chi connectivity index (χ1n) is 12.6. The van der Waals surface area contributed by atoms with E-state index >= 15 is 0 Å². The average Bonchev–Trinajstić information content (AvgIpc) is 3.36. The second-order valence-electron chi connectivity index (χ2n) is 9.35. The van der Waals surface area contributed by atoms with Crippen molar-refractivity contribution in [1.82, 2.24) is 25.3 Å². The largest absolute Gasteiger partial charge is 0.491 e. The predicted octanol–water partition coefficient (Wildman–Crippen LogP) is 4.57. The molecule has 0 unspecified atom stereocenters. The number of carbonyl (C=O) groups is 1. The van der Waals surface area contributed by atoms with Crippen LogP contribution < -0.4 is 19.7 Å². The third-order valence-corrected chi connectivity index (χ3v) is 6.05. The van der Waals surface area contributed by atoms with Crippen LogP contribution in [0.15, 0.2) is 67.1 Å². The Bertz CT molecular complexity index is 1410. The maximum Gasteiger partial charge on any atom is 0.258 e. The number of rotatable bonds is 9.